The van der Waals surface area contributed by atoms with Gasteiger partial charge in [0.2, 0.25) is 0 Å². The van der Waals surface area contributed by atoms with Crippen molar-refractivity contribution in [2.24, 2.45) is 0 Å². The van der Waals surface area contributed by atoms with Crippen LogP contribution in [-0.2, 0) is 12.3 Å². The highest BCUT2D eigenvalue weighted by Crippen LogP contribution is 2.24. The second-order valence-corrected chi connectivity index (χ2v) is 6.11. The Labute approximate surface area is 124 Å². The lowest BCUT2D eigenvalue weighted by Gasteiger charge is -2.09. The number of benzene rings is 2. The van der Waals surface area contributed by atoms with Crippen molar-refractivity contribution in [1.82, 2.24) is 5.32 Å². The van der Waals surface area contributed by atoms with Crippen molar-refractivity contribution in [3.63, 3.8) is 0 Å². The van der Waals surface area contributed by atoms with E-state index in [0.717, 1.165) is 12.1 Å². The van der Waals surface area contributed by atoms with Gasteiger partial charge in [-0.3, -0.25) is 0 Å². The van der Waals surface area contributed by atoms with Crippen LogP contribution < -0.4 is 5.32 Å². The van der Waals surface area contributed by atoms with Gasteiger partial charge >= 0.3 is 0 Å². The largest absolute Gasteiger partial charge is 0.310 e. The Hall–Kier alpha value is -1.32. The number of hydrogen-bond acceptors (Lipinski definition) is 2. The summed E-state index contributed by atoms with van der Waals surface area (Å²) < 4.78 is 13.6. The molecule has 3 heteroatoms. The van der Waals surface area contributed by atoms with Crippen molar-refractivity contribution in [3.05, 3.63) is 65.5 Å². The molecule has 0 unspecified atom stereocenters. The topological polar surface area (TPSA) is 12.0 Å². The van der Waals surface area contributed by atoms with Crippen molar-refractivity contribution in [1.29, 1.82) is 0 Å². The van der Waals surface area contributed by atoms with Gasteiger partial charge in [-0.2, -0.15) is 0 Å². The van der Waals surface area contributed by atoms with Gasteiger partial charge < -0.3 is 5.32 Å². The van der Waals surface area contributed by atoms with Crippen molar-refractivity contribution in [2.75, 3.05) is 0 Å². The summed E-state index contributed by atoms with van der Waals surface area (Å²) in [6.45, 7) is 5.14. The minimum absolute atomic E-state index is 0.127. The van der Waals surface area contributed by atoms with Crippen molar-refractivity contribution < 1.29 is 4.39 Å². The molecular weight excluding hydrogens is 269 g/mol. The Kier molecular flexibility index (Phi) is 5.62. The lowest BCUT2D eigenvalue weighted by Crippen LogP contribution is -2.21. The summed E-state index contributed by atoms with van der Waals surface area (Å²) in [6.07, 6.45) is 0. The molecule has 0 radical (unpaired) electrons. The number of rotatable bonds is 6. The van der Waals surface area contributed by atoms with E-state index in [1.54, 1.807) is 17.8 Å². The van der Waals surface area contributed by atoms with Gasteiger partial charge in [-0.05, 0) is 29.3 Å². The number of nitrogens with one attached hydrogen (secondary N) is 1. The van der Waals surface area contributed by atoms with Crippen LogP contribution in [0.2, 0.25) is 0 Å². The molecule has 0 aliphatic rings. The Balaban J connectivity index is 1.96. The fourth-order valence-corrected chi connectivity index (χ4v) is 2.81. The van der Waals surface area contributed by atoms with E-state index < -0.39 is 0 Å². The normalized spacial score (nSPS) is 11.0. The molecule has 0 saturated heterocycles. The summed E-state index contributed by atoms with van der Waals surface area (Å²) in [6, 6.07) is 15.8. The lowest BCUT2D eigenvalue weighted by molar-refractivity contribution is 0.588. The van der Waals surface area contributed by atoms with Gasteiger partial charge in [-0.1, -0.05) is 44.2 Å². The lowest BCUT2D eigenvalue weighted by atomic mass is 10.2. The second-order valence-electron chi connectivity index (χ2n) is 5.06. The zero-order chi connectivity index (χ0) is 14.4. The van der Waals surface area contributed by atoms with Crippen LogP contribution in [0.3, 0.4) is 0 Å². The predicted octanol–water partition coefficient (Wildman–Crippen LogP) is 4.62. The molecule has 0 aromatic heterocycles. The van der Waals surface area contributed by atoms with Gasteiger partial charge in [-0.15, -0.1) is 11.8 Å². The first-order valence-electron chi connectivity index (χ1n) is 6.83. The smallest absolute Gasteiger partial charge is 0.127 e. The van der Waals surface area contributed by atoms with Crippen LogP contribution in [0.4, 0.5) is 4.39 Å². The molecule has 0 aliphatic heterocycles. The zero-order valence-corrected chi connectivity index (χ0v) is 12.7. The van der Waals surface area contributed by atoms with E-state index in [-0.39, 0.29) is 5.82 Å². The van der Waals surface area contributed by atoms with E-state index in [4.69, 9.17) is 0 Å². The molecular formula is C17H20FNS. The minimum Gasteiger partial charge on any atom is -0.310 e. The molecule has 1 N–H and O–H groups in total. The van der Waals surface area contributed by atoms with Gasteiger partial charge in [0.15, 0.2) is 0 Å². The highest BCUT2D eigenvalue weighted by atomic mass is 32.2. The maximum Gasteiger partial charge on any atom is 0.127 e. The molecule has 0 spiro atoms. The Bertz CT molecular complexity index is 554. The standard InChI is InChI=1S/C17H20FNS/c1-13(2)19-11-14-6-5-8-16(10-14)20-12-15-7-3-4-9-17(15)18/h3-10,13,19H,11-12H2,1-2H3. The SMILES string of the molecule is CC(C)NCc1cccc(SCc2ccccc2F)c1. The summed E-state index contributed by atoms with van der Waals surface area (Å²) in [7, 11) is 0. The van der Waals surface area contributed by atoms with Crippen LogP contribution in [-0.4, -0.2) is 6.04 Å². The first-order chi connectivity index (χ1) is 9.65. The number of hydrogen-bond donors (Lipinski definition) is 1. The van der Waals surface area contributed by atoms with Crippen LogP contribution in [0.25, 0.3) is 0 Å². The third-order valence-electron chi connectivity index (χ3n) is 2.97. The molecule has 2 aromatic rings. The highest BCUT2D eigenvalue weighted by Gasteiger charge is 2.03. The van der Waals surface area contributed by atoms with E-state index in [1.807, 2.05) is 12.1 Å². The monoisotopic (exact) mass is 289 g/mol. The molecule has 0 bridgehead atoms. The van der Waals surface area contributed by atoms with E-state index in [2.05, 4.69) is 43.4 Å². The van der Waals surface area contributed by atoms with Crippen LogP contribution in [0, 0.1) is 5.82 Å². The fourth-order valence-electron chi connectivity index (χ4n) is 1.84. The highest BCUT2D eigenvalue weighted by molar-refractivity contribution is 7.98. The van der Waals surface area contributed by atoms with Gasteiger partial charge in [-0.25, -0.2) is 4.39 Å². The van der Waals surface area contributed by atoms with Crippen LogP contribution in [0.15, 0.2) is 53.4 Å². The molecule has 2 rings (SSSR count). The second kappa shape index (κ2) is 7.46. The van der Waals surface area contributed by atoms with Crippen LogP contribution in [0.5, 0.6) is 0 Å². The van der Waals surface area contributed by atoms with E-state index in [0.29, 0.717) is 11.8 Å². The van der Waals surface area contributed by atoms with E-state index in [1.165, 1.54) is 16.5 Å². The summed E-state index contributed by atoms with van der Waals surface area (Å²) in [4.78, 5) is 1.18. The molecule has 0 saturated carbocycles. The Morgan fingerprint density at radius 1 is 1.10 bits per heavy atom. The molecule has 1 nitrogen and oxygen atoms in total. The molecule has 0 aliphatic carbocycles. The number of thioether (sulfide) groups is 1. The molecule has 0 atom stereocenters. The molecule has 20 heavy (non-hydrogen) atoms. The van der Waals surface area contributed by atoms with Gasteiger partial charge in [0.05, 0.1) is 0 Å². The van der Waals surface area contributed by atoms with Gasteiger partial charge in [0.25, 0.3) is 0 Å². The number of halogens is 1. The van der Waals surface area contributed by atoms with E-state index in [9.17, 15) is 4.39 Å². The average Bonchev–Trinajstić information content (AvgIpc) is 2.45. The summed E-state index contributed by atoms with van der Waals surface area (Å²) in [5.41, 5.74) is 2.01. The molecule has 0 heterocycles. The van der Waals surface area contributed by atoms with Gasteiger partial charge in [0.1, 0.15) is 5.82 Å². The summed E-state index contributed by atoms with van der Waals surface area (Å²) in [5.74, 6) is 0.533. The fraction of sp³-hybridized carbons (Fsp3) is 0.294. The van der Waals surface area contributed by atoms with Crippen LogP contribution in [0.1, 0.15) is 25.0 Å². The Morgan fingerprint density at radius 3 is 2.65 bits per heavy atom. The van der Waals surface area contributed by atoms with Crippen LogP contribution >= 0.6 is 11.8 Å². The van der Waals surface area contributed by atoms with Crippen molar-refractivity contribution in [3.8, 4) is 0 Å². The quantitative estimate of drug-likeness (QED) is 0.779. The molecule has 106 valence electrons. The van der Waals surface area contributed by atoms with Crippen molar-refractivity contribution >= 4 is 11.8 Å². The maximum absolute atomic E-state index is 13.6. The molecule has 0 fully saturated rings. The maximum atomic E-state index is 13.6. The van der Waals surface area contributed by atoms with E-state index >= 15 is 0 Å². The van der Waals surface area contributed by atoms with Crippen molar-refractivity contribution in [2.45, 2.75) is 37.1 Å². The minimum atomic E-state index is -0.127. The first kappa shape index (κ1) is 15.1. The molecule has 2 aromatic carbocycles. The Morgan fingerprint density at radius 2 is 1.90 bits per heavy atom. The summed E-state index contributed by atoms with van der Waals surface area (Å²) >= 11 is 1.67. The average molecular weight is 289 g/mol. The summed E-state index contributed by atoms with van der Waals surface area (Å²) in [5, 5.41) is 3.40. The third-order valence-corrected chi connectivity index (χ3v) is 4.01. The predicted molar refractivity (Wildman–Crippen MR) is 84.4 cm³/mol. The van der Waals surface area contributed by atoms with Gasteiger partial charge in [0, 0.05) is 23.2 Å². The third kappa shape index (κ3) is 4.66. The molecule has 0 amide bonds. The first-order valence-corrected chi connectivity index (χ1v) is 7.82. The zero-order valence-electron chi connectivity index (χ0n) is 11.9.